The predicted molar refractivity (Wildman–Crippen MR) is 130 cm³/mol. The number of imide groups is 1. The smallest absolute Gasteiger partial charge is 0.319 e. The molecule has 8 heteroatoms. The van der Waals surface area contributed by atoms with E-state index in [4.69, 9.17) is 0 Å². The average Bonchev–Trinajstić information content (AvgIpc) is 3.19. The molecule has 5 amide bonds. The molecule has 3 aromatic rings. The van der Waals surface area contributed by atoms with Gasteiger partial charge in [-0.3, -0.25) is 19.7 Å². The molecular weight excluding hydrogens is 444 g/mol. The number of nitrogens with zero attached hydrogens (tertiary/aromatic N) is 1. The molecule has 1 unspecified atom stereocenters. The minimum atomic E-state index is -0.648. The molecule has 1 atom stereocenters. The number of urea groups is 1. The van der Waals surface area contributed by atoms with Gasteiger partial charge in [0.15, 0.2) is 0 Å². The number of rotatable bonds is 5. The summed E-state index contributed by atoms with van der Waals surface area (Å²) < 4.78 is 0. The van der Waals surface area contributed by atoms with Crippen LogP contribution in [0, 0.1) is 0 Å². The van der Waals surface area contributed by atoms with Gasteiger partial charge in [-0.2, -0.15) is 0 Å². The molecule has 2 heterocycles. The van der Waals surface area contributed by atoms with Crippen molar-refractivity contribution in [2.24, 2.45) is 0 Å². The molecule has 0 radical (unpaired) electrons. The van der Waals surface area contributed by atoms with Gasteiger partial charge in [0.25, 0.3) is 5.91 Å². The molecule has 1 saturated heterocycles. The van der Waals surface area contributed by atoms with E-state index in [1.54, 1.807) is 12.1 Å². The van der Waals surface area contributed by atoms with E-state index in [2.05, 4.69) is 16.0 Å². The molecule has 35 heavy (non-hydrogen) atoms. The Morgan fingerprint density at radius 3 is 2.51 bits per heavy atom. The van der Waals surface area contributed by atoms with Crippen molar-refractivity contribution in [1.82, 2.24) is 15.5 Å². The van der Waals surface area contributed by atoms with Gasteiger partial charge >= 0.3 is 6.03 Å². The van der Waals surface area contributed by atoms with Crippen molar-refractivity contribution in [1.29, 1.82) is 0 Å². The molecule has 1 fully saturated rings. The first-order valence-electron chi connectivity index (χ1n) is 11.5. The first-order chi connectivity index (χ1) is 17.0. The Balaban J connectivity index is 1.23. The number of para-hydroxylation sites is 1. The van der Waals surface area contributed by atoms with Gasteiger partial charge in [-0.25, -0.2) is 4.79 Å². The van der Waals surface area contributed by atoms with Gasteiger partial charge in [-0.05, 0) is 35.2 Å². The number of hydrogen-bond acceptors (Lipinski definition) is 4. The normalized spacial score (nSPS) is 17.1. The summed E-state index contributed by atoms with van der Waals surface area (Å²) >= 11 is 0. The van der Waals surface area contributed by atoms with Crippen LogP contribution in [0.4, 0.5) is 10.5 Å². The van der Waals surface area contributed by atoms with Crippen molar-refractivity contribution >= 4 is 29.4 Å². The molecular formula is C27H24N4O4. The van der Waals surface area contributed by atoms with Gasteiger partial charge in [0.05, 0.1) is 5.69 Å². The second kappa shape index (κ2) is 9.42. The third-order valence-corrected chi connectivity index (χ3v) is 6.30. The summed E-state index contributed by atoms with van der Waals surface area (Å²) in [6.45, 7) is 0.574. The Hall–Kier alpha value is -4.46. The molecule has 0 saturated carbocycles. The lowest BCUT2D eigenvalue weighted by Gasteiger charge is -2.29. The third kappa shape index (κ3) is 4.63. The Morgan fingerprint density at radius 1 is 0.943 bits per heavy atom. The Kier molecular flexibility index (Phi) is 6.01. The summed E-state index contributed by atoms with van der Waals surface area (Å²) in [6.07, 6.45) is 0.539. The van der Waals surface area contributed by atoms with Crippen LogP contribution in [0.15, 0.2) is 72.8 Å². The molecule has 0 aromatic heterocycles. The summed E-state index contributed by atoms with van der Waals surface area (Å²) in [5, 5.41) is 8.08. The van der Waals surface area contributed by atoms with Crippen molar-refractivity contribution in [2.75, 3.05) is 5.32 Å². The lowest BCUT2D eigenvalue weighted by atomic mass is 10.0. The first kappa shape index (κ1) is 22.3. The van der Waals surface area contributed by atoms with E-state index >= 15 is 0 Å². The van der Waals surface area contributed by atoms with Crippen LogP contribution in [0.5, 0.6) is 0 Å². The summed E-state index contributed by atoms with van der Waals surface area (Å²) in [5.41, 5.74) is 4.82. The van der Waals surface area contributed by atoms with Crippen LogP contribution >= 0.6 is 0 Å². The van der Waals surface area contributed by atoms with E-state index in [0.29, 0.717) is 24.2 Å². The van der Waals surface area contributed by atoms with Crippen molar-refractivity contribution in [2.45, 2.75) is 32.0 Å². The van der Waals surface area contributed by atoms with E-state index < -0.39 is 11.9 Å². The summed E-state index contributed by atoms with van der Waals surface area (Å²) in [6, 6.07) is 21.8. The van der Waals surface area contributed by atoms with Crippen LogP contribution in [0.3, 0.4) is 0 Å². The highest BCUT2D eigenvalue weighted by molar-refractivity contribution is 6.05. The standard InChI is InChI=1S/C27H24N4O4/c32-24-13-12-23(25(33)30-24)31-16-19-14-17(10-11-21(19)26(31)34)15-28-27(35)29-22-9-5-4-8-20(22)18-6-2-1-3-7-18/h1-11,14,23H,12-13,15-16H2,(H2,28,29,35)(H,30,32,33). The highest BCUT2D eigenvalue weighted by Crippen LogP contribution is 2.29. The van der Waals surface area contributed by atoms with Crippen molar-refractivity contribution in [3.8, 4) is 11.1 Å². The zero-order chi connectivity index (χ0) is 24.4. The summed E-state index contributed by atoms with van der Waals surface area (Å²) in [7, 11) is 0. The molecule has 3 aromatic carbocycles. The first-order valence-corrected chi connectivity index (χ1v) is 11.5. The Bertz CT molecular complexity index is 1320. The fourth-order valence-corrected chi connectivity index (χ4v) is 4.55. The maximum absolute atomic E-state index is 12.8. The average molecular weight is 469 g/mol. The van der Waals surface area contributed by atoms with E-state index in [9.17, 15) is 19.2 Å². The minimum Gasteiger partial charge on any atom is -0.334 e. The number of carbonyl (C=O) groups excluding carboxylic acids is 4. The van der Waals surface area contributed by atoms with E-state index in [0.717, 1.165) is 22.3 Å². The van der Waals surface area contributed by atoms with Crippen LogP contribution < -0.4 is 16.0 Å². The summed E-state index contributed by atoms with van der Waals surface area (Å²) in [4.78, 5) is 50.6. The number of anilines is 1. The number of fused-ring (bicyclic) bond motifs is 1. The maximum atomic E-state index is 12.8. The van der Waals surface area contributed by atoms with Gasteiger partial charge in [-0.15, -0.1) is 0 Å². The number of hydrogen-bond donors (Lipinski definition) is 3. The second-order valence-electron chi connectivity index (χ2n) is 8.61. The Morgan fingerprint density at radius 2 is 1.71 bits per heavy atom. The molecule has 5 rings (SSSR count). The predicted octanol–water partition coefficient (Wildman–Crippen LogP) is 3.44. The molecule has 2 aliphatic heterocycles. The molecule has 3 N–H and O–H groups in total. The third-order valence-electron chi connectivity index (χ3n) is 6.30. The fraction of sp³-hybridized carbons (Fsp3) is 0.185. The zero-order valence-electron chi connectivity index (χ0n) is 18.9. The van der Waals surface area contributed by atoms with Crippen LogP contribution in [0.1, 0.15) is 34.3 Å². The lowest BCUT2D eigenvalue weighted by Crippen LogP contribution is -2.52. The highest BCUT2D eigenvalue weighted by Gasteiger charge is 2.39. The van der Waals surface area contributed by atoms with Crippen LogP contribution in [0.25, 0.3) is 11.1 Å². The van der Waals surface area contributed by atoms with Crippen molar-refractivity contribution in [3.63, 3.8) is 0 Å². The largest absolute Gasteiger partial charge is 0.334 e. The van der Waals surface area contributed by atoms with E-state index in [1.807, 2.05) is 60.7 Å². The van der Waals surface area contributed by atoms with Crippen molar-refractivity contribution in [3.05, 3.63) is 89.5 Å². The molecule has 0 spiro atoms. The zero-order valence-corrected chi connectivity index (χ0v) is 18.9. The number of amides is 5. The second-order valence-corrected chi connectivity index (χ2v) is 8.61. The lowest BCUT2D eigenvalue weighted by molar-refractivity contribution is -0.136. The fourth-order valence-electron chi connectivity index (χ4n) is 4.55. The maximum Gasteiger partial charge on any atom is 0.319 e. The Labute approximate surface area is 202 Å². The SMILES string of the molecule is O=C1CCC(N2Cc3cc(CNC(=O)Nc4ccccc4-c4ccccc4)ccc3C2=O)C(=O)N1. The van der Waals surface area contributed by atoms with Crippen molar-refractivity contribution < 1.29 is 19.2 Å². The topological polar surface area (TPSA) is 108 Å². The van der Waals surface area contributed by atoms with Crippen LogP contribution in [-0.2, 0) is 22.7 Å². The number of benzene rings is 3. The van der Waals surface area contributed by atoms with Gasteiger partial charge in [-0.1, -0.05) is 60.7 Å². The van der Waals surface area contributed by atoms with Gasteiger partial charge in [0.2, 0.25) is 11.8 Å². The van der Waals surface area contributed by atoms with Gasteiger partial charge < -0.3 is 15.5 Å². The summed E-state index contributed by atoms with van der Waals surface area (Å²) in [5.74, 6) is -0.963. The van der Waals surface area contributed by atoms with Crippen LogP contribution in [-0.4, -0.2) is 34.7 Å². The molecule has 0 bridgehead atoms. The molecule has 8 nitrogen and oxygen atoms in total. The monoisotopic (exact) mass is 468 g/mol. The number of piperidine rings is 1. The quantitative estimate of drug-likeness (QED) is 0.499. The van der Waals surface area contributed by atoms with Gasteiger partial charge in [0.1, 0.15) is 6.04 Å². The number of nitrogens with one attached hydrogen (secondary N) is 3. The molecule has 176 valence electrons. The molecule has 0 aliphatic carbocycles. The minimum absolute atomic E-state index is 0.216. The van der Waals surface area contributed by atoms with Crippen LogP contribution in [0.2, 0.25) is 0 Å². The van der Waals surface area contributed by atoms with Gasteiger partial charge in [0, 0.05) is 30.6 Å². The van der Waals surface area contributed by atoms with E-state index in [1.165, 1.54) is 4.90 Å². The van der Waals surface area contributed by atoms with E-state index in [-0.39, 0.29) is 30.8 Å². The molecule has 2 aliphatic rings. The highest BCUT2D eigenvalue weighted by atomic mass is 16.2. The number of carbonyl (C=O) groups is 4.